The highest BCUT2D eigenvalue weighted by Crippen LogP contribution is 2.26. The van der Waals surface area contributed by atoms with E-state index in [2.05, 4.69) is 0 Å². The van der Waals surface area contributed by atoms with E-state index in [9.17, 15) is 5.11 Å². The monoisotopic (exact) mass is 174 g/mol. The lowest BCUT2D eigenvalue weighted by molar-refractivity contribution is 0.473. The van der Waals surface area contributed by atoms with Gasteiger partial charge in [-0.05, 0) is 19.1 Å². The second-order valence-electron chi connectivity index (χ2n) is 2.87. The first kappa shape index (κ1) is 7.92. The third-order valence-electron chi connectivity index (χ3n) is 1.95. The molecule has 0 bridgehead atoms. The normalized spacial score (nSPS) is 11.5. The predicted octanol–water partition coefficient (Wildman–Crippen LogP) is 3.17. The Morgan fingerprint density at radius 1 is 1.38 bits per heavy atom. The maximum atomic E-state index is 9.55. The Hall–Kier alpha value is -1.70. The van der Waals surface area contributed by atoms with E-state index < -0.39 is 0 Å². The van der Waals surface area contributed by atoms with Crippen molar-refractivity contribution in [2.75, 3.05) is 0 Å². The molecule has 13 heavy (non-hydrogen) atoms. The summed E-state index contributed by atoms with van der Waals surface area (Å²) in [7, 11) is 0. The first-order valence-electron chi connectivity index (χ1n) is 4.14. The molecule has 0 unspecified atom stereocenters. The highest BCUT2D eigenvalue weighted by atomic mass is 16.3. The summed E-state index contributed by atoms with van der Waals surface area (Å²) in [6.45, 7) is 1.92. The van der Waals surface area contributed by atoms with E-state index in [1.54, 1.807) is 12.3 Å². The number of rotatable bonds is 1. The van der Waals surface area contributed by atoms with E-state index in [1.807, 2.05) is 31.2 Å². The van der Waals surface area contributed by atoms with Gasteiger partial charge in [-0.2, -0.15) is 0 Å². The molecule has 1 heterocycles. The molecule has 1 N–H and O–H groups in total. The van der Waals surface area contributed by atoms with Crippen molar-refractivity contribution in [3.05, 3.63) is 36.1 Å². The summed E-state index contributed by atoms with van der Waals surface area (Å²) < 4.78 is 5.15. The molecular formula is C11H10O2. The average molecular weight is 174 g/mol. The molecule has 0 aliphatic heterocycles. The van der Waals surface area contributed by atoms with E-state index in [0.717, 1.165) is 10.9 Å². The zero-order valence-corrected chi connectivity index (χ0v) is 7.32. The van der Waals surface area contributed by atoms with Gasteiger partial charge in [-0.1, -0.05) is 12.2 Å². The van der Waals surface area contributed by atoms with Crippen molar-refractivity contribution in [1.29, 1.82) is 0 Å². The van der Waals surface area contributed by atoms with Crippen molar-refractivity contribution in [3.8, 4) is 5.75 Å². The molecular weight excluding hydrogens is 164 g/mol. The summed E-state index contributed by atoms with van der Waals surface area (Å²) in [5, 5.41) is 10.6. The Morgan fingerprint density at radius 3 is 3.00 bits per heavy atom. The second-order valence-corrected chi connectivity index (χ2v) is 2.87. The van der Waals surface area contributed by atoms with E-state index in [-0.39, 0.29) is 5.75 Å². The van der Waals surface area contributed by atoms with E-state index in [4.69, 9.17) is 4.42 Å². The molecule has 0 aliphatic rings. The largest absolute Gasteiger partial charge is 0.507 e. The van der Waals surface area contributed by atoms with E-state index in [0.29, 0.717) is 5.58 Å². The van der Waals surface area contributed by atoms with Crippen LogP contribution in [0.4, 0.5) is 0 Å². The summed E-state index contributed by atoms with van der Waals surface area (Å²) in [5.41, 5.74) is 1.53. The molecule has 0 radical (unpaired) electrons. The van der Waals surface area contributed by atoms with Crippen LogP contribution in [0, 0.1) is 0 Å². The molecule has 2 aromatic rings. The Morgan fingerprint density at radius 2 is 2.23 bits per heavy atom. The molecule has 2 nitrogen and oxygen atoms in total. The Bertz CT molecular complexity index is 452. The Balaban J connectivity index is 2.69. The highest BCUT2D eigenvalue weighted by Gasteiger charge is 2.02. The molecule has 1 aromatic heterocycles. The third-order valence-corrected chi connectivity index (χ3v) is 1.95. The van der Waals surface area contributed by atoms with Gasteiger partial charge in [-0.3, -0.25) is 0 Å². The van der Waals surface area contributed by atoms with Crippen LogP contribution in [-0.2, 0) is 0 Å². The van der Waals surface area contributed by atoms with Crippen LogP contribution in [0.1, 0.15) is 12.5 Å². The van der Waals surface area contributed by atoms with Gasteiger partial charge >= 0.3 is 0 Å². The van der Waals surface area contributed by atoms with Crippen molar-refractivity contribution in [1.82, 2.24) is 0 Å². The van der Waals surface area contributed by atoms with Crippen LogP contribution < -0.4 is 0 Å². The Kier molecular flexibility index (Phi) is 1.81. The number of allylic oxidation sites excluding steroid dienone is 1. The molecule has 0 atom stereocenters. The number of hydrogen-bond donors (Lipinski definition) is 1. The Labute approximate surface area is 76.1 Å². The second kappa shape index (κ2) is 2.98. The summed E-state index contributed by atoms with van der Waals surface area (Å²) in [4.78, 5) is 0. The summed E-state index contributed by atoms with van der Waals surface area (Å²) in [6, 6.07) is 5.40. The van der Waals surface area contributed by atoms with Gasteiger partial charge in [0.1, 0.15) is 11.3 Å². The topological polar surface area (TPSA) is 33.4 Å². The maximum absolute atomic E-state index is 9.55. The third kappa shape index (κ3) is 1.31. The minimum Gasteiger partial charge on any atom is -0.507 e. The highest BCUT2D eigenvalue weighted by molar-refractivity contribution is 5.82. The lowest BCUT2D eigenvalue weighted by Gasteiger charge is -1.97. The van der Waals surface area contributed by atoms with Crippen molar-refractivity contribution in [3.63, 3.8) is 0 Å². The number of hydrogen-bond acceptors (Lipinski definition) is 2. The molecule has 1 aromatic carbocycles. The van der Waals surface area contributed by atoms with Crippen LogP contribution in [0.5, 0.6) is 5.75 Å². The predicted molar refractivity (Wildman–Crippen MR) is 52.6 cm³/mol. The van der Waals surface area contributed by atoms with Gasteiger partial charge in [0.25, 0.3) is 0 Å². The number of benzene rings is 1. The molecule has 2 heteroatoms. The van der Waals surface area contributed by atoms with Crippen LogP contribution in [0.3, 0.4) is 0 Å². The van der Waals surface area contributed by atoms with E-state index in [1.165, 1.54) is 0 Å². The van der Waals surface area contributed by atoms with Gasteiger partial charge in [-0.25, -0.2) is 0 Å². The first-order valence-corrected chi connectivity index (χ1v) is 4.14. The molecule has 2 rings (SSSR count). The summed E-state index contributed by atoms with van der Waals surface area (Å²) in [6.07, 6.45) is 5.37. The minimum atomic E-state index is 0.251. The number of aromatic hydroxyl groups is 1. The van der Waals surface area contributed by atoms with Gasteiger partial charge in [0.15, 0.2) is 0 Å². The fraction of sp³-hybridized carbons (Fsp3) is 0.0909. The van der Waals surface area contributed by atoms with Gasteiger partial charge in [-0.15, -0.1) is 0 Å². The SMILES string of the molecule is C/C=C/c1cc2ccoc2cc1O. The fourth-order valence-corrected chi connectivity index (χ4v) is 1.33. The first-order chi connectivity index (χ1) is 6.31. The molecule has 0 saturated carbocycles. The van der Waals surface area contributed by atoms with Crippen LogP contribution in [-0.4, -0.2) is 5.11 Å². The van der Waals surface area contributed by atoms with Gasteiger partial charge in [0.2, 0.25) is 0 Å². The van der Waals surface area contributed by atoms with Crippen LogP contribution in [0.2, 0.25) is 0 Å². The van der Waals surface area contributed by atoms with Gasteiger partial charge in [0, 0.05) is 17.0 Å². The van der Waals surface area contributed by atoms with E-state index >= 15 is 0 Å². The molecule has 0 saturated heterocycles. The van der Waals surface area contributed by atoms with Crippen LogP contribution in [0.25, 0.3) is 17.0 Å². The van der Waals surface area contributed by atoms with Crippen molar-refractivity contribution in [2.45, 2.75) is 6.92 Å². The summed E-state index contributed by atoms with van der Waals surface area (Å²) in [5.74, 6) is 0.251. The maximum Gasteiger partial charge on any atom is 0.137 e. The molecule has 0 aliphatic carbocycles. The average Bonchev–Trinajstić information content (AvgIpc) is 2.52. The fourth-order valence-electron chi connectivity index (χ4n) is 1.33. The molecule has 0 amide bonds. The number of phenols is 1. The van der Waals surface area contributed by atoms with Crippen molar-refractivity contribution < 1.29 is 9.52 Å². The van der Waals surface area contributed by atoms with Crippen molar-refractivity contribution >= 4 is 17.0 Å². The number of phenolic OH excluding ortho intramolecular Hbond substituents is 1. The summed E-state index contributed by atoms with van der Waals surface area (Å²) >= 11 is 0. The molecule has 66 valence electrons. The smallest absolute Gasteiger partial charge is 0.137 e. The lowest BCUT2D eigenvalue weighted by Crippen LogP contribution is -1.74. The van der Waals surface area contributed by atoms with Crippen LogP contribution in [0.15, 0.2) is 35.0 Å². The lowest BCUT2D eigenvalue weighted by atomic mass is 10.1. The zero-order chi connectivity index (χ0) is 9.26. The number of furan rings is 1. The molecule has 0 spiro atoms. The van der Waals surface area contributed by atoms with Crippen molar-refractivity contribution in [2.24, 2.45) is 0 Å². The number of fused-ring (bicyclic) bond motifs is 1. The van der Waals surface area contributed by atoms with Gasteiger partial charge < -0.3 is 9.52 Å². The molecule has 0 fully saturated rings. The minimum absolute atomic E-state index is 0.251. The quantitative estimate of drug-likeness (QED) is 0.720. The van der Waals surface area contributed by atoms with Gasteiger partial charge in [0.05, 0.1) is 6.26 Å². The standard InChI is InChI=1S/C11H10O2/c1-2-3-8-6-9-4-5-13-11(9)7-10(8)12/h2-7,12H,1H3/b3-2+. The zero-order valence-electron chi connectivity index (χ0n) is 7.32. The van der Waals surface area contributed by atoms with Crippen LogP contribution >= 0.6 is 0 Å².